The SMILES string of the molecule is O=C(OCc1ccccc1)N1CCN(c2cc(F)ncn2)CC1. The molecular formula is C16H17FN4O2. The number of hydrogen-bond acceptors (Lipinski definition) is 5. The molecule has 3 rings (SSSR count). The quantitative estimate of drug-likeness (QED) is 0.811. The highest BCUT2D eigenvalue weighted by Crippen LogP contribution is 2.14. The Hall–Kier alpha value is -2.70. The number of anilines is 1. The zero-order valence-electron chi connectivity index (χ0n) is 12.6. The number of nitrogens with zero attached hydrogens (tertiary/aromatic N) is 4. The lowest BCUT2D eigenvalue weighted by molar-refractivity contribution is 0.0941. The Labute approximate surface area is 133 Å². The number of benzene rings is 1. The highest BCUT2D eigenvalue weighted by Gasteiger charge is 2.23. The van der Waals surface area contributed by atoms with Crippen LogP contribution in [-0.4, -0.2) is 47.1 Å². The van der Waals surface area contributed by atoms with Crippen molar-refractivity contribution >= 4 is 11.9 Å². The summed E-state index contributed by atoms with van der Waals surface area (Å²) in [6, 6.07) is 10.8. The van der Waals surface area contributed by atoms with Crippen molar-refractivity contribution in [3.05, 3.63) is 54.2 Å². The van der Waals surface area contributed by atoms with Crippen molar-refractivity contribution in [3.8, 4) is 0 Å². The number of ether oxygens (including phenoxy) is 1. The molecule has 1 saturated heterocycles. The molecule has 1 amide bonds. The first-order valence-corrected chi connectivity index (χ1v) is 7.40. The van der Waals surface area contributed by atoms with Crippen LogP contribution in [0.4, 0.5) is 15.0 Å². The second-order valence-corrected chi connectivity index (χ2v) is 5.21. The van der Waals surface area contributed by atoms with Crippen LogP contribution < -0.4 is 4.90 Å². The first-order chi connectivity index (χ1) is 11.2. The van der Waals surface area contributed by atoms with Gasteiger partial charge in [0.25, 0.3) is 0 Å². The summed E-state index contributed by atoms with van der Waals surface area (Å²) in [5.74, 6) is -0.0190. The van der Waals surface area contributed by atoms with Gasteiger partial charge in [-0.3, -0.25) is 0 Å². The number of carbonyl (C=O) groups excluding carboxylic acids is 1. The molecule has 0 bridgehead atoms. The van der Waals surface area contributed by atoms with E-state index >= 15 is 0 Å². The number of rotatable bonds is 3. The van der Waals surface area contributed by atoms with E-state index < -0.39 is 5.95 Å². The highest BCUT2D eigenvalue weighted by molar-refractivity contribution is 5.68. The van der Waals surface area contributed by atoms with Gasteiger partial charge in [-0.15, -0.1) is 0 Å². The van der Waals surface area contributed by atoms with Gasteiger partial charge >= 0.3 is 6.09 Å². The van der Waals surface area contributed by atoms with Crippen molar-refractivity contribution in [1.82, 2.24) is 14.9 Å². The molecule has 2 aromatic rings. The molecule has 23 heavy (non-hydrogen) atoms. The number of aromatic nitrogens is 2. The highest BCUT2D eigenvalue weighted by atomic mass is 19.1. The molecule has 120 valence electrons. The van der Waals surface area contributed by atoms with Crippen LogP contribution in [0.25, 0.3) is 0 Å². The molecule has 0 unspecified atom stereocenters. The van der Waals surface area contributed by atoms with Gasteiger partial charge in [0.1, 0.15) is 18.8 Å². The van der Waals surface area contributed by atoms with Crippen molar-refractivity contribution in [2.45, 2.75) is 6.61 Å². The van der Waals surface area contributed by atoms with Gasteiger partial charge in [-0.25, -0.2) is 14.8 Å². The topological polar surface area (TPSA) is 58.6 Å². The van der Waals surface area contributed by atoms with Gasteiger partial charge in [0.2, 0.25) is 5.95 Å². The summed E-state index contributed by atoms with van der Waals surface area (Å²) in [5, 5.41) is 0. The van der Waals surface area contributed by atoms with Gasteiger partial charge in [-0.2, -0.15) is 4.39 Å². The van der Waals surface area contributed by atoms with Crippen LogP contribution in [-0.2, 0) is 11.3 Å². The summed E-state index contributed by atoms with van der Waals surface area (Å²) >= 11 is 0. The first-order valence-electron chi connectivity index (χ1n) is 7.40. The lowest BCUT2D eigenvalue weighted by Crippen LogP contribution is -2.49. The van der Waals surface area contributed by atoms with Crippen molar-refractivity contribution in [1.29, 1.82) is 0 Å². The molecule has 1 aliphatic heterocycles. The average Bonchev–Trinajstić information content (AvgIpc) is 2.61. The largest absolute Gasteiger partial charge is 0.445 e. The van der Waals surface area contributed by atoms with E-state index in [4.69, 9.17) is 4.74 Å². The third-order valence-electron chi connectivity index (χ3n) is 3.69. The van der Waals surface area contributed by atoms with Gasteiger partial charge in [-0.1, -0.05) is 30.3 Å². The molecule has 1 aromatic heterocycles. The molecule has 0 N–H and O–H groups in total. The molecule has 1 aromatic carbocycles. The zero-order chi connectivity index (χ0) is 16.1. The molecule has 0 atom stereocenters. The molecule has 0 saturated carbocycles. The van der Waals surface area contributed by atoms with Crippen LogP contribution in [0.5, 0.6) is 0 Å². The fourth-order valence-corrected chi connectivity index (χ4v) is 2.43. The second-order valence-electron chi connectivity index (χ2n) is 5.21. The van der Waals surface area contributed by atoms with Crippen molar-refractivity contribution in [2.24, 2.45) is 0 Å². The van der Waals surface area contributed by atoms with E-state index in [1.807, 2.05) is 35.2 Å². The fraction of sp³-hybridized carbons (Fsp3) is 0.312. The van der Waals surface area contributed by atoms with Crippen molar-refractivity contribution < 1.29 is 13.9 Å². The summed E-state index contributed by atoms with van der Waals surface area (Å²) in [4.78, 5) is 23.1. The minimum Gasteiger partial charge on any atom is -0.445 e. The predicted molar refractivity (Wildman–Crippen MR) is 82.4 cm³/mol. The molecule has 0 spiro atoms. The van der Waals surface area contributed by atoms with E-state index in [2.05, 4.69) is 9.97 Å². The number of carbonyl (C=O) groups is 1. The van der Waals surface area contributed by atoms with E-state index in [-0.39, 0.29) is 12.7 Å². The molecular weight excluding hydrogens is 299 g/mol. The first kappa shape index (κ1) is 15.2. The fourth-order valence-electron chi connectivity index (χ4n) is 2.43. The number of piperazine rings is 1. The van der Waals surface area contributed by atoms with E-state index in [0.29, 0.717) is 32.0 Å². The van der Waals surface area contributed by atoms with Gasteiger partial charge in [0.05, 0.1) is 0 Å². The van der Waals surface area contributed by atoms with E-state index in [0.717, 1.165) is 5.56 Å². The van der Waals surface area contributed by atoms with Crippen molar-refractivity contribution in [2.75, 3.05) is 31.1 Å². The number of amides is 1. The Kier molecular flexibility index (Phi) is 4.65. The Balaban J connectivity index is 1.49. The number of halogens is 1. The molecule has 6 nitrogen and oxygen atoms in total. The smallest absolute Gasteiger partial charge is 0.410 e. The summed E-state index contributed by atoms with van der Waals surface area (Å²) in [5.41, 5.74) is 0.955. The summed E-state index contributed by atoms with van der Waals surface area (Å²) in [6.45, 7) is 2.45. The van der Waals surface area contributed by atoms with Crippen molar-refractivity contribution in [3.63, 3.8) is 0 Å². The maximum Gasteiger partial charge on any atom is 0.410 e. The Morgan fingerprint density at radius 1 is 1.13 bits per heavy atom. The second kappa shape index (κ2) is 7.04. The maximum absolute atomic E-state index is 13.1. The van der Waals surface area contributed by atoms with Gasteiger partial charge in [0, 0.05) is 32.2 Å². The minimum absolute atomic E-state index is 0.261. The van der Waals surface area contributed by atoms with Crippen LogP contribution in [0.1, 0.15) is 5.56 Å². The Morgan fingerprint density at radius 2 is 1.87 bits per heavy atom. The van der Waals surface area contributed by atoms with Crippen LogP contribution in [0.2, 0.25) is 0 Å². The van der Waals surface area contributed by atoms with Crippen LogP contribution in [0.3, 0.4) is 0 Å². The summed E-state index contributed by atoms with van der Waals surface area (Å²) in [7, 11) is 0. The predicted octanol–water partition coefficient (Wildman–Crippen LogP) is 2.07. The molecule has 7 heteroatoms. The maximum atomic E-state index is 13.1. The van der Waals surface area contributed by atoms with Gasteiger partial charge in [-0.05, 0) is 5.56 Å². The molecule has 1 aliphatic rings. The Bertz CT molecular complexity index is 660. The molecule has 2 heterocycles. The third kappa shape index (κ3) is 3.94. The molecule has 1 fully saturated rings. The summed E-state index contributed by atoms with van der Waals surface area (Å²) in [6.07, 6.45) is 0.868. The third-order valence-corrected chi connectivity index (χ3v) is 3.69. The molecule has 0 radical (unpaired) electrons. The van der Waals surface area contributed by atoms with Crippen LogP contribution >= 0.6 is 0 Å². The molecule has 0 aliphatic carbocycles. The summed E-state index contributed by atoms with van der Waals surface area (Å²) < 4.78 is 18.4. The van der Waals surface area contributed by atoms with E-state index in [9.17, 15) is 9.18 Å². The monoisotopic (exact) mass is 316 g/mol. The van der Waals surface area contributed by atoms with E-state index in [1.54, 1.807) is 4.90 Å². The standard InChI is InChI=1S/C16H17FN4O2/c17-14-10-15(19-12-18-14)20-6-8-21(9-7-20)16(22)23-11-13-4-2-1-3-5-13/h1-5,10,12H,6-9,11H2. The normalized spacial score (nSPS) is 14.7. The van der Waals surface area contributed by atoms with Crippen LogP contribution in [0, 0.1) is 5.95 Å². The van der Waals surface area contributed by atoms with E-state index in [1.165, 1.54) is 12.4 Å². The minimum atomic E-state index is -0.556. The lowest BCUT2D eigenvalue weighted by atomic mass is 10.2. The Morgan fingerprint density at radius 3 is 2.57 bits per heavy atom. The lowest BCUT2D eigenvalue weighted by Gasteiger charge is -2.34. The van der Waals surface area contributed by atoms with Crippen LogP contribution in [0.15, 0.2) is 42.7 Å². The van der Waals surface area contributed by atoms with Gasteiger partial charge in [0.15, 0.2) is 0 Å². The van der Waals surface area contributed by atoms with Gasteiger partial charge < -0.3 is 14.5 Å². The number of hydrogen-bond donors (Lipinski definition) is 0. The zero-order valence-corrected chi connectivity index (χ0v) is 12.6. The average molecular weight is 316 g/mol.